The van der Waals surface area contributed by atoms with Crippen molar-refractivity contribution >= 4 is 23.2 Å². The molecule has 4 rings (SSSR count). The molecule has 6 heteroatoms. The van der Waals surface area contributed by atoms with Crippen molar-refractivity contribution in [2.45, 2.75) is 38.2 Å². The molecule has 2 N–H and O–H groups in total. The number of ether oxygens (including phenoxy) is 1. The lowest BCUT2D eigenvalue weighted by Gasteiger charge is -2.30. The Kier molecular flexibility index (Phi) is 6.64. The molecule has 1 atom stereocenters. The number of nitrogens with zero attached hydrogens (tertiary/aromatic N) is 1. The molecule has 0 aromatic heterocycles. The Morgan fingerprint density at radius 1 is 0.967 bits per heavy atom. The third-order valence-corrected chi connectivity index (χ3v) is 5.75. The van der Waals surface area contributed by atoms with Crippen molar-refractivity contribution in [1.82, 2.24) is 5.32 Å². The first-order valence-electron chi connectivity index (χ1n) is 10.9. The van der Waals surface area contributed by atoms with Gasteiger partial charge in [-0.15, -0.1) is 0 Å². The fourth-order valence-electron chi connectivity index (χ4n) is 4.11. The Hall–Kier alpha value is -2.86. The zero-order valence-electron chi connectivity index (χ0n) is 17.2. The van der Waals surface area contributed by atoms with E-state index in [0.29, 0.717) is 23.4 Å². The molecule has 2 heterocycles. The third-order valence-electron chi connectivity index (χ3n) is 5.75. The van der Waals surface area contributed by atoms with Crippen LogP contribution in [0, 0.1) is 0 Å². The van der Waals surface area contributed by atoms with Gasteiger partial charge >= 0.3 is 0 Å². The zero-order chi connectivity index (χ0) is 20.8. The fraction of sp³-hybridized carbons (Fsp3) is 0.417. The molecule has 2 aromatic rings. The van der Waals surface area contributed by atoms with Crippen LogP contribution in [0.5, 0.6) is 0 Å². The summed E-state index contributed by atoms with van der Waals surface area (Å²) < 4.78 is 5.63. The van der Waals surface area contributed by atoms with Crippen LogP contribution < -0.4 is 15.5 Å². The number of anilines is 2. The standard InChI is InChI=1S/C24H29N3O3/c28-23(18-8-3-1-4-9-18)26-19-11-12-22(27-13-5-2-6-14-27)21(16-19)24(29)25-17-20-10-7-15-30-20/h1,3-4,8-9,11-12,16,20H,2,5-7,10,13-15,17H2,(H,25,29)(H,26,28)/t20-/m0/s1. The summed E-state index contributed by atoms with van der Waals surface area (Å²) in [6, 6.07) is 14.7. The Morgan fingerprint density at radius 2 is 1.77 bits per heavy atom. The second-order valence-electron chi connectivity index (χ2n) is 7.94. The van der Waals surface area contributed by atoms with Gasteiger partial charge in [-0.2, -0.15) is 0 Å². The first-order chi connectivity index (χ1) is 14.7. The second kappa shape index (κ2) is 9.76. The molecule has 6 nitrogen and oxygen atoms in total. The molecule has 2 aliphatic rings. The molecule has 2 amide bonds. The van der Waals surface area contributed by atoms with E-state index >= 15 is 0 Å². The number of amides is 2. The Balaban J connectivity index is 1.54. The predicted octanol–water partition coefficient (Wildman–Crippen LogP) is 3.84. The molecule has 0 unspecified atom stereocenters. The van der Waals surface area contributed by atoms with E-state index in [0.717, 1.165) is 51.1 Å². The SMILES string of the molecule is O=C(Nc1ccc(N2CCCCC2)c(C(=O)NC[C@@H]2CCCO2)c1)c1ccccc1. The van der Waals surface area contributed by atoms with Crippen molar-refractivity contribution < 1.29 is 14.3 Å². The number of benzene rings is 2. The summed E-state index contributed by atoms with van der Waals surface area (Å²) in [7, 11) is 0. The van der Waals surface area contributed by atoms with Gasteiger partial charge in [0.1, 0.15) is 0 Å². The lowest BCUT2D eigenvalue weighted by atomic mass is 10.1. The van der Waals surface area contributed by atoms with E-state index in [9.17, 15) is 9.59 Å². The maximum atomic E-state index is 13.1. The van der Waals surface area contributed by atoms with Crippen LogP contribution in [0.1, 0.15) is 52.8 Å². The van der Waals surface area contributed by atoms with Crippen LogP contribution in [0.2, 0.25) is 0 Å². The highest BCUT2D eigenvalue weighted by molar-refractivity contribution is 6.06. The predicted molar refractivity (Wildman–Crippen MR) is 118 cm³/mol. The minimum Gasteiger partial charge on any atom is -0.376 e. The molecule has 0 aliphatic carbocycles. The first kappa shape index (κ1) is 20.4. The van der Waals surface area contributed by atoms with Crippen molar-refractivity contribution in [3.05, 3.63) is 59.7 Å². The number of hydrogen-bond acceptors (Lipinski definition) is 4. The highest BCUT2D eigenvalue weighted by Gasteiger charge is 2.22. The van der Waals surface area contributed by atoms with Gasteiger partial charge in [-0.3, -0.25) is 9.59 Å². The summed E-state index contributed by atoms with van der Waals surface area (Å²) >= 11 is 0. The number of hydrogen-bond donors (Lipinski definition) is 2. The summed E-state index contributed by atoms with van der Waals surface area (Å²) in [6.45, 7) is 3.17. The average Bonchev–Trinajstić information content (AvgIpc) is 3.32. The van der Waals surface area contributed by atoms with Crippen molar-refractivity contribution in [3.63, 3.8) is 0 Å². The van der Waals surface area contributed by atoms with Crippen LogP contribution in [0.15, 0.2) is 48.5 Å². The van der Waals surface area contributed by atoms with Gasteiger partial charge in [-0.25, -0.2) is 0 Å². The van der Waals surface area contributed by atoms with E-state index in [1.165, 1.54) is 6.42 Å². The van der Waals surface area contributed by atoms with Gasteiger partial charge in [-0.05, 0) is 62.4 Å². The number of carbonyl (C=O) groups excluding carboxylic acids is 2. The van der Waals surface area contributed by atoms with E-state index in [4.69, 9.17) is 4.74 Å². The number of carbonyl (C=O) groups is 2. The van der Waals surface area contributed by atoms with Gasteiger partial charge in [0.05, 0.1) is 11.7 Å². The van der Waals surface area contributed by atoms with Crippen LogP contribution in [-0.4, -0.2) is 44.2 Å². The topological polar surface area (TPSA) is 70.7 Å². The van der Waals surface area contributed by atoms with Gasteiger partial charge in [0.2, 0.25) is 0 Å². The average molecular weight is 408 g/mol. The number of piperidine rings is 1. The van der Waals surface area contributed by atoms with Gasteiger partial charge < -0.3 is 20.3 Å². The fourth-order valence-corrected chi connectivity index (χ4v) is 4.11. The molecule has 30 heavy (non-hydrogen) atoms. The molecular weight excluding hydrogens is 378 g/mol. The molecule has 2 aliphatic heterocycles. The molecule has 0 radical (unpaired) electrons. The highest BCUT2D eigenvalue weighted by atomic mass is 16.5. The van der Waals surface area contributed by atoms with Crippen molar-refractivity contribution in [3.8, 4) is 0 Å². The third kappa shape index (κ3) is 5.00. The molecule has 158 valence electrons. The molecule has 0 spiro atoms. The minimum absolute atomic E-state index is 0.0911. The molecule has 2 saturated heterocycles. The van der Waals surface area contributed by atoms with E-state index in [1.54, 1.807) is 18.2 Å². The maximum Gasteiger partial charge on any atom is 0.255 e. The second-order valence-corrected chi connectivity index (χ2v) is 7.94. The lowest BCUT2D eigenvalue weighted by Crippen LogP contribution is -2.35. The summed E-state index contributed by atoms with van der Waals surface area (Å²) in [5, 5.41) is 5.95. The van der Waals surface area contributed by atoms with E-state index < -0.39 is 0 Å². The highest BCUT2D eigenvalue weighted by Crippen LogP contribution is 2.27. The molecule has 0 saturated carbocycles. The minimum atomic E-state index is -0.188. The summed E-state index contributed by atoms with van der Waals surface area (Å²) in [5.74, 6) is -0.311. The van der Waals surface area contributed by atoms with Gasteiger partial charge in [-0.1, -0.05) is 18.2 Å². The van der Waals surface area contributed by atoms with Crippen molar-refractivity contribution in [2.24, 2.45) is 0 Å². The van der Waals surface area contributed by atoms with Crippen LogP contribution in [-0.2, 0) is 4.74 Å². The maximum absolute atomic E-state index is 13.1. The monoisotopic (exact) mass is 407 g/mol. The summed E-state index contributed by atoms with van der Waals surface area (Å²) in [6.07, 6.45) is 5.59. The van der Waals surface area contributed by atoms with E-state index in [1.807, 2.05) is 30.3 Å². The van der Waals surface area contributed by atoms with E-state index in [2.05, 4.69) is 15.5 Å². The van der Waals surface area contributed by atoms with Gasteiger partial charge in [0, 0.05) is 43.2 Å². The van der Waals surface area contributed by atoms with Crippen LogP contribution in [0.4, 0.5) is 11.4 Å². The molecule has 2 aromatic carbocycles. The summed E-state index contributed by atoms with van der Waals surface area (Å²) in [5.41, 5.74) is 2.73. The van der Waals surface area contributed by atoms with Gasteiger partial charge in [0.15, 0.2) is 0 Å². The van der Waals surface area contributed by atoms with E-state index in [-0.39, 0.29) is 17.9 Å². The van der Waals surface area contributed by atoms with Crippen LogP contribution in [0.3, 0.4) is 0 Å². The van der Waals surface area contributed by atoms with Gasteiger partial charge in [0.25, 0.3) is 11.8 Å². The Morgan fingerprint density at radius 3 is 2.50 bits per heavy atom. The summed E-state index contributed by atoms with van der Waals surface area (Å²) in [4.78, 5) is 27.9. The molecule has 0 bridgehead atoms. The lowest BCUT2D eigenvalue weighted by molar-refractivity contribution is 0.0858. The molecular formula is C24H29N3O3. The van der Waals surface area contributed by atoms with Crippen molar-refractivity contribution in [1.29, 1.82) is 0 Å². The normalized spacial score (nSPS) is 18.8. The smallest absolute Gasteiger partial charge is 0.255 e. The van der Waals surface area contributed by atoms with Crippen LogP contribution >= 0.6 is 0 Å². The zero-order valence-corrected chi connectivity index (χ0v) is 17.2. The van der Waals surface area contributed by atoms with Crippen LogP contribution in [0.25, 0.3) is 0 Å². The Labute approximate surface area is 177 Å². The van der Waals surface area contributed by atoms with Crippen molar-refractivity contribution in [2.75, 3.05) is 36.5 Å². The molecule has 2 fully saturated rings. The largest absolute Gasteiger partial charge is 0.376 e. The quantitative estimate of drug-likeness (QED) is 0.763. The Bertz CT molecular complexity index is 873. The first-order valence-corrected chi connectivity index (χ1v) is 10.9. The number of rotatable bonds is 6. The number of nitrogens with one attached hydrogen (secondary N) is 2.